The van der Waals surface area contributed by atoms with Gasteiger partial charge in [-0.15, -0.1) is 0 Å². The highest BCUT2D eigenvalue weighted by Gasteiger charge is 2.40. The second kappa shape index (κ2) is 14.8. The molecule has 1 fully saturated rings. The van der Waals surface area contributed by atoms with Crippen LogP contribution in [0.3, 0.4) is 0 Å². The van der Waals surface area contributed by atoms with E-state index in [0.29, 0.717) is 25.7 Å². The summed E-state index contributed by atoms with van der Waals surface area (Å²) >= 11 is 0. The summed E-state index contributed by atoms with van der Waals surface area (Å²) in [4.78, 5) is 48.5. The molecule has 4 atom stereocenters. The maximum absolute atomic E-state index is 12.7. The van der Waals surface area contributed by atoms with E-state index in [4.69, 9.17) is 0 Å². The van der Waals surface area contributed by atoms with Crippen LogP contribution in [0.1, 0.15) is 78.1 Å². The number of hydrogen-bond acceptors (Lipinski definition) is 5. The summed E-state index contributed by atoms with van der Waals surface area (Å²) in [5.41, 5.74) is 0. The summed E-state index contributed by atoms with van der Waals surface area (Å²) in [5, 5.41) is 27.0. The average Bonchev–Trinajstić information content (AvgIpc) is 3.22. The van der Waals surface area contributed by atoms with Crippen molar-refractivity contribution in [1.29, 1.82) is 0 Å². The topological polar surface area (TPSA) is 145 Å². The van der Waals surface area contributed by atoms with Crippen LogP contribution in [0.5, 0.6) is 0 Å². The predicted octanol–water partition coefficient (Wildman–Crippen LogP) is 1.90. The molecule has 0 saturated carbocycles. The second-order valence-electron chi connectivity index (χ2n) is 8.37. The molecule has 1 heterocycles. The number of carboxylic acid groups (broad SMARTS) is 2. The number of carbonyl (C=O) groups is 4. The first-order valence-electron chi connectivity index (χ1n) is 11.6. The molecule has 1 aliphatic heterocycles. The van der Waals surface area contributed by atoms with Crippen molar-refractivity contribution in [3.63, 3.8) is 0 Å². The molecule has 0 unspecified atom stereocenters. The number of aliphatic carboxylic acids is 2. The van der Waals surface area contributed by atoms with Crippen LogP contribution in [0.2, 0.25) is 0 Å². The SMILES string of the molecule is CCCCCC[C@H](NC(=O)[C@@H]1CNC[C@H]1C(=O)N[C@@H](CCCCCC)C(=O)O)C(=O)O. The van der Waals surface area contributed by atoms with E-state index in [-0.39, 0.29) is 13.1 Å². The van der Waals surface area contributed by atoms with Crippen molar-refractivity contribution in [3.8, 4) is 0 Å². The Bertz CT molecular complexity index is 548. The fourth-order valence-electron chi connectivity index (χ4n) is 3.85. The first kappa shape index (κ1) is 26.9. The van der Waals surface area contributed by atoms with Gasteiger partial charge in [0.2, 0.25) is 11.8 Å². The van der Waals surface area contributed by atoms with E-state index in [9.17, 15) is 29.4 Å². The number of unbranched alkanes of at least 4 members (excludes halogenated alkanes) is 6. The summed E-state index contributed by atoms with van der Waals surface area (Å²) in [6.07, 6.45) is 7.99. The van der Waals surface area contributed by atoms with E-state index in [1.807, 2.05) is 0 Å². The third-order valence-electron chi connectivity index (χ3n) is 5.81. The third kappa shape index (κ3) is 9.67. The molecular weight excluding hydrogens is 402 g/mol. The van der Waals surface area contributed by atoms with Gasteiger partial charge in [0.15, 0.2) is 0 Å². The maximum Gasteiger partial charge on any atom is 0.326 e. The van der Waals surface area contributed by atoms with Crippen LogP contribution in [0.4, 0.5) is 0 Å². The fraction of sp³-hybridized carbons (Fsp3) is 0.818. The predicted molar refractivity (Wildman–Crippen MR) is 117 cm³/mol. The van der Waals surface area contributed by atoms with Crippen molar-refractivity contribution in [3.05, 3.63) is 0 Å². The fourth-order valence-corrected chi connectivity index (χ4v) is 3.85. The van der Waals surface area contributed by atoms with Gasteiger partial charge in [-0.3, -0.25) is 9.59 Å². The number of carboxylic acids is 2. The largest absolute Gasteiger partial charge is 0.480 e. The molecular formula is C22H39N3O6. The van der Waals surface area contributed by atoms with Crippen molar-refractivity contribution in [2.24, 2.45) is 11.8 Å². The van der Waals surface area contributed by atoms with Gasteiger partial charge < -0.3 is 26.2 Å². The van der Waals surface area contributed by atoms with Gasteiger partial charge in [-0.25, -0.2) is 9.59 Å². The number of amides is 2. The van der Waals surface area contributed by atoms with Crippen LogP contribution < -0.4 is 16.0 Å². The van der Waals surface area contributed by atoms with Gasteiger partial charge in [-0.1, -0.05) is 65.2 Å². The van der Waals surface area contributed by atoms with Gasteiger partial charge in [-0.2, -0.15) is 0 Å². The Morgan fingerprint density at radius 3 is 1.45 bits per heavy atom. The van der Waals surface area contributed by atoms with Crippen molar-refractivity contribution in [1.82, 2.24) is 16.0 Å². The Morgan fingerprint density at radius 2 is 1.13 bits per heavy atom. The van der Waals surface area contributed by atoms with E-state index in [1.165, 1.54) is 0 Å². The molecule has 0 bridgehead atoms. The Hall–Kier alpha value is -2.16. The lowest BCUT2D eigenvalue weighted by molar-refractivity contribution is -0.144. The molecule has 9 nitrogen and oxygen atoms in total. The Morgan fingerprint density at radius 1 is 0.742 bits per heavy atom. The summed E-state index contributed by atoms with van der Waals surface area (Å²) in [6.45, 7) is 4.63. The number of nitrogens with one attached hydrogen (secondary N) is 3. The number of rotatable bonds is 16. The van der Waals surface area contributed by atoms with Gasteiger partial charge in [0, 0.05) is 13.1 Å². The lowest BCUT2D eigenvalue weighted by atomic mass is 9.93. The second-order valence-corrected chi connectivity index (χ2v) is 8.37. The first-order chi connectivity index (χ1) is 14.8. The molecule has 2 amide bonds. The molecule has 0 spiro atoms. The average molecular weight is 442 g/mol. The smallest absolute Gasteiger partial charge is 0.326 e. The van der Waals surface area contributed by atoms with Crippen LogP contribution >= 0.6 is 0 Å². The lowest BCUT2D eigenvalue weighted by Gasteiger charge is -2.22. The molecule has 5 N–H and O–H groups in total. The minimum absolute atomic E-state index is 0.250. The standard InChI is InChI=1S/C22H39N3O6/c1-3-5-7-9-11-17(21(28)29)24-19(26)15-13-23-14-16(15)20(27)25-18(22(30)31)12-10-8-6-4-2/h15-18,23H,3-14H2,1-2H3,(H,24,26)(H,25,27)(H,28,29)(H,30,31)/t15-,16-,17+,18+/m1/s1. The zero-order valence-corrected chi connectivity index (χ0v) is 18.8. The van der Waals surface area contributed by atoms with Crippen molar-refractivity contribution < 1.29 is 29.4 Å². The van der Waals surface area contributed by atoms with E-state index < -0.39 is 47.7 Å². The molecule has 0 aromatic carbocycles. The Balaban J connectivity index is 2.65. The quantitative estimate of drug-likeness (QED) is 0.230. The summed E-state index contributed by atoms with van der Waals surface area (Å²) in [7, 11) is 0. The van der Waals surface area contributed by atoms with Crippen LogP contribution in [-0.2, 0) is 19.2 Å². The summed E-state index contributed by atoms with van der Waals surface area (Å²) < 4.78 is 0. The minimum Gasteiger partial charge on any atom is -0.480 e. The monoisotopic (exact) mass is 441 g/mol. The van der Waals surface area contributed by atoms with Crippen LogP contribution in [0, 0.1) is 11.8 Å². The maximum atomic E-state index is 12.7. The van der Waals surface area contributed by atoms with E-state index in [1.54, 1.807) is 0 Å². The van der Waals surface area contributed by atoms with E-state index in [2.05, 4.69) is 29.8 Å². The van der Waals surface area contributed by atoms with E-state index in [0.717, 1.165) is 38.5 Å². The number of carbonyl (C=O) groups excluding carboxylic acids is 2. The molecule has 0 radical (unpaired) electrons. The van der Waals surface area contributed by atoms with Crippen LogP contribution in [0.25, 0.3) is 0 Å². The van der Waals surface area contributed by atoms with Gasteiger partial charge in [0.25, 0.3) is 0 Å². The molecule has 0 aromatic heterocycles. The van der Waals surface area contributed by atoms with E-state index >= 15 is 0 Å². The molecule has 0 aromatic rings. The van der Waals surface area contributed by atoms with Crippen molar-refractivity contribution in [2.45, 2.75) is 90.1 Å². The van der Waals surface area contributed by atoms with Crippen LogP contribution in [-0.4, -0.2) is 59.1 Å². The molecule has 1 saturated heterocycles. The molecule has 31 heavy (non-hydrogen) atoms. The zero-order chi connectivity index (χ0) is 23.2. The zero-order valence-electron chi connectivity index (χ0n) is 18.8. The normalized spacial score (nSPS) is 20.1. The number of hydrogen-bond donors (Lipinski definition) is 5. The molecule has 1 aliphatic rings. The third-order valence-corrected chi connectivity index (χ3v) is 5.81. The van der Waals surface area contributed by atoms with Crippen molar-refractivity contribution in [2.75, 3.05) is 13.1 Å². The van der Waals surface area contributed by atoms with Gasteiger partial charge in [0.1, 0.15) is 12.1 Å². The van der Waals surface area contributed by atoms with Crippen LogP contribution in [0.15, 0.2) is 0 Å². The molecule has 0 aliphatic carbocycles. The van der Waals surface area contributed by atoms with Gasteiger partial charge in [-0.05, 0) is 12.8 Å². The summed E-state index contributed by atoms with van der Waals surface area (Å²) in [6, 6.07) is -1.97. The first-order valence-corrected chi connectivity index (χ1v) is 11.6. The highest BCUT2D eigenvalue weighted by molar-refractivity contribution is 5.92. The molecule has 178 valence electrons. The lowest BCUT2D eigenvalue weighted by Crippen LogP contribution is -2.49. The van der Waals surface area contributed by atoms with Gasteiger partial charge in [0.05, 0.1) is 11.8 Å². The van der Waals surface area contributed by atoms with Crippen molar-refractivity contribution >= 4 is 23.8 Å². The minimum atomic E-state index is -1.09. The molecule has 9 heteroatoms. The Kier molecular flexibility index (Phi) is 12.8. The van der Waals surface area contributed by atoms with Gasteiger partial charge >= 0.3 is 11.9 Å². The molecule has 1 rings (SSSR count). The highest BCUT2D eigenvalue weighted by Crippen LogP contribution is 2.19. The summed E-state index contributed by atoms with van der Waals surface area (Å²) in [5.74, 6) is -4.60. The Labute approximate surface area is 184 Å². The highest BCUT2D eigenvalue weighted by atomic mass is 16.4.